The zero-order valence-corrected chi connectivity index (χ0v) is 10.9. The lowest BCUT2D eigenvalue weighted by molar-refractivity contribution is 0.0690. The summed E-state index contributed by atoms with van der Waals surface area (Å²) in [7, 11) is 0. The third-order valence-corrected chi connectivity index (χ3v) is 3.06. The SMILES string of the molecule is O=C(O)c1cn(CCn2ncc3ccccc3c2=O)nn1. The van der Waals surface area contributed by atoms with E-state index in [1.54, 1.807) is 18.3 Å². The van der Waals surface area contributed by atoms with Crippen LogP contribution in [0.5, 0.6) is 0 Å². The van der Waals surface area contributed by atoms with Crippen molar-refractivity contribution in [3.8, 4) is 0 Å². The molecule has 3 rings (SSSR count). The molecule has 21 heavy (non-hydrogen) atoms. The van der Waals surface area contributed by atoms with Crippen molar-refractivity contribution in [3.05, 3.63) is 52.7 Å². The van der Waals surface area contributed by atoms with E-state index in [4.69, 9.17) is 5.11 Å². The van der Waals surface area contributed by atoms with Gasteiger partial charge in [-0.2, -0.15) is 5.10 Å². The topological polar surface area (TPSA) is 103 Å². The fourth-order valence-electron chi connectivity index (χ4n) is 1.99. The first-order valence-electron chi connectivity index (χ1n) is 6.23. The highest BCUT2D eigenvalue weighted by molar-refractivity contribution is 5.84. The van der Waals surface area contributed by atoms with Crippen molar-refractivity contribution in [2.75, 3.05) is 0 Å². The van der Waals surface area contributed by atoms with Gasteiger partial charge in [-0.3, -0.25) is 4.79 Å². The molecule has 0 aliphatic heterocycles. The summed E-state index contributed by atoms with van der Waals surface area (Å²) in [6, 6.07) is 7.21. The van der Waals surface area contributed by atoms with Crippen LogP contribution in [0, 0.1) is 0 Å². The van der Waals surface area contributed by atoms with E-state index in [0.29, 0.717) is 11.9 Å². The quantitative estimate of drug-likeness (QED) is 0.743. The number of nitrogens with zero attached hydrogens (tertiary/aromatic N) is 5. The molecular weight excluding hydrogens is 274 g/mol. The summed E-state index contributed by atoms with van der Waals surface area (Å²) in [4.78, 5) is 22.9. The first kappa shape index (κ1) is 13.0. The molecular formula is C13H11N5O3. The van der Waals surface area contributed by atoms with Gasteiger partial charge in [0.15, 0.2) is 5.69 Å². The molecule has 3 aromatic rings. The van der Waals surface area contributed by atoms with Crippen molar-refractivity contribution in [1.82, 2.24) is 24.8 Å². The zero-order chi connectivity index (χ0) is 14.8. The molecule has 2 aromatic heterocycles. The minimum Gasteiger partial charge on any atom is -0.476 e. The van der Waals surface area contributed by atoms with Crippen molar-refractivity contribution in [2.24, 2.45) is 0 Å². The second-order valence-corrected chi connectivity index (χ2v) is 4.43. The molecule has 0 saturated heterocycles. The Morgan fingerprint density at radius 2 is 2.05 bits per heavy atom. The molecule has 1 N–H and O–H groups in total. The van der Waals surface area contributed by atoms with Gasteiger partial charge in [0.25, 0.3) is 5.56 Å². The molecule has 0 unspecified atom stereocenters. The van der Waals surface area contributed by atoms with Crippen LogP contribution >= 0.6 is 0 Å². The number of carboxylic acid groups (broad SMARTS) is 1. The van der Waals surface area contributed by atoms with Gasteiger partial charge < -0.3 is 5.11 Å². The second-order valence-electron chi connectivity index (χ2n) is 4.43. The molecule has 0 fully saturated rings. The highest BCUT2D eigenvalue weighted by Gasteiger charge is 2.09. The highest BCUT2D eigenvalue weighted by atomic mass is 16.4. The smallest absolute Gasteiger partial charge is 0.358 e. The Kier molecular flexibility index (Phi) is 3.19. The molecule has 0 bridgehead atoms. The van der Waals surface area contributed by atoms with Gasteiger partial charge >= 0.3 is 5.97 Å². The molecule has 0 amide bonds. The second kappa shape index (κ2) is 5.16. The van der Waals surface area contributed by atoms with Crippen LogP contribution in [-0.2, 0) is 13.1 Å². The summed E-state index contributed by atoms with van der Waals surface area (Å²) in [6.07, 6.45) is 2.94. The Balaban J connectivity index is 1.83. The van der Waals surface area contributed by atoms with E-state index in [9.17, 15) is 9.59 Å². The Labute approximate surface area is 118 Å². The van der Waals surface area contributed by atoms with E-state index in [2.05, 4.69) is 15.4 Å². The van der Waals surface area contributed by atoms with Crippen LogP contribution < -0.4 is 5.56 Å². The maximum Gasteiger partial charge on any atom is 0.358 e. The molecule has 8 nitrogen and oxygen atoms in total. The summed E-state index contributed by atoms with van der Waals surface area (Å²) in [6.45, 7) is 0.595. The van der Waals surface area contributed by atoms with Crippen LogP contribution in [0.1, 0.15) is 10.5 Å². The number of hydrogen-bond donors (Lipinski definition) is 1. The van der Waals surface area contributed by atoms with Crippen molar-refractivity contribution >= 4 is 16.7 Å². The van der Waals surface area contributed by atoms with E-state index in [1.165, 1.54) is 15.6 Å². The van der Waals surface area contributed by atoms with Gasteiger partial charge in [-0.15, -0.1) is 5.10 Å². The fraction of sp³-hybridized carbons (Fsp3) is 0.154. The van der Waals surface area contributed by atoms with Gasteiger partial charge in [-0.25, -0.2) is 14.2 Å². The number of rotatable bonds is 4. The minimum absolute atomic E-state index is 0.131. The molecule has 0 aliphatic rings. The summed E-state index contributed by atoms with van der Waals surface area (Å²) >= 11 is 0. The van der Waals surface area contributed by atoms with Crippen LogP contribution in [0.3, 0.4) is 0 Å². The number of aromatic nitrogens is 5. The number of carboxylic acids is 1. The van der Waals surface area contributed by atoms with Gasteiger partial charge in [-0.1, -0.05) is 23.4 Å². The number of fused-ring (bicyclic) bond motifs is 1. The monoisotopic (exact) mass is 285 g/mol. The predicted octanol–water partition coefficient (Wildman–Crippen LogP) is 0.386. The number of hydrogen-bond acceptors (Lipinski definition) is 5. The summed E-state index contributed by atoms with van der Waals surface area (Å²) in [5.74, 6) is -1.14. The van der Waals surface area contributed by atoms with Crippen molar-refractivity contribution < 1.29 is 9.90 Å². The molecule has 8 heteroatoms. The van der Waals surface area contributed by atoms with Crippen molar-refractivity contribution in [1.29, 1.82) is 0 Å². The lowest BCUT2D eigenvalue weighted by Crippen LogP contribution is -2.25. The lowest BCUT2D eigenvalue weighted by Gasteiger charge is -2.05. The van der Waals surface area contributed by atoms with E-state index < -0.39 is 5.97 Å². The molecule has 106 valence electrons. The summed E-state index contributed by atoms with van der Waals surface area (Å²) in [5, 5.41) is 21.4. The molecule has 0 radical (unpaired) electrons. The molecule has 0 spiro atoms. The van der Waals surface area contributed by atoms with Crippen molar-refractivity contribution in [2.45, 2.75) is 13.1 Å². The number of aromatic carboxylic acids is 1. The average Bonchev–Trinajstić information content (AvgIpc) is 2.96. The van der Waals surface area contributed by atoms with Gasteiger partial charge in [-0.05, 0) is 6.07 Å². The van der Waals surface area contributed by atoms with Gasteiger partial charge in [0.2, 0.25) is 0 Å². The average molecular weight is 285 g/mol. The number of benzene rings is 1. The Bertz CT molecular complexity index is 867. The van der Waals surface area contributed by atoms with Gasteiger partial charge in [0, 0.05) is 5.39 Å². The number of aryl methyl sites for hydroxylation is 2. The van der Waals surface area contributed by atoms with Crippen LogP contribution in [0.2, 0.25) is 0 Å². The van der Waals surface area contributed by atoms with Crippen LogP contribution in [0.4, 0.5) is 0 Å². The van der Waals surface area contributed by atoms with Crippen LogP contribution in [-0.4, -0.2) is 35.9 Å². The molecule has 0 aliphatic carbocycles. The standard InChI is InChI=1S/C13H11N5O3/c19-12-10-4-2-1-3-9(10)7-14-18(12)6-5-17-8-11(13(20)21)15-16-17/h1-4,7-8H,5-6H2,(H,20,21). The van der Waals surface area contributed by atoms with Crippen molar-refractivity contribution in [3.63, 3.8) is 0 Å². The Hall–Kier alpha value is -3.03. The van der Waals surface area contributed by atoms with Crippen LogP contribution in [0.25, 0.3) is 10.8 Å². The first-order chi connectivity index (χ1) is 10.1. The van der Waals surface area contributed by atoms with E-state index in [1.807, 2.05) is 12.1 Å². The van der Waals surface area contributed by atoms with E-state index >= 15 is 0 Å². The molecule has 2 heterocycles. The zero-order valence-electron chi connectivity index (χ0n) is 10.9. The summed E-state index contributed by atoms with van der Waals surface area (Å²) < 4.78 is 2.69. The first-order valence-corrected chi connectivity index (χ1v) is 6.23. The van der Waals surface area contributed by atoms with Crippen LogP contribution in [0.15, 0.2) is 41.5 Å². The van der Waals surface area contributed by atoms with Gasteiger partial charge in [0.1, 0.15) is 0 Å². The fourth-order valence-corrected chi connectivity index (χ4v) is 1.99. The lowest BCUT2D eigenvalue weighted by atomic mass is 10.2. The molecule has 0 saturated carbocycles. The Morgan fingerprint density at radius 3 is 2.81 bits per heavy atom. The molecule has 0 atom stereocenters. The number of carbonyl (C=O) groups is 1. The maximum absolute atomic E-state index is 12.2. The van der Waals surface area contributed by atoms with E-state index in [0.717, 1.165) is 5.39 Å². The third-order valence-electron chi connectivity index (χ3n) is 3.06. The third kappa shape index (κ3) is 2.50. The minimum atomic E-state index is -1.14. The summed E-state index contributed by atoms with van der Waals surface area (Å²) in [5.41, 5.74) is -0.319. The van der Waals surface area contributed by atoms with Gasteiger partial charge in [0.05, 0.1) is 30.9 Å². The van der Waals surface area contributed by atoms with E-state index in [-0.39, 0.29) is 17.8 Å². The Morgan fingerprint density at radius 1 is 1.24 bits per heavy atom. The largest absolute Gasteiger partial charge is 0.476 e. The normalized spacial score (nSPS) is 10.9. The molecule has 1 aromatic carbocycles. The predicted molar refractivity (Wildman–Crippen MR) is 73.0 cm³/mol. The maximum atomic E-state index is 12.2. The highest BCUT2D eigenvalue weighted by Crippen LogP contribution is 2.06.